The van der Waals surface area contributed by atoms with Crippen LogP contribution in [-0.2, 0) is 0 Å². The molecule has 1 aliphatic heterocycles. The zero-order valence-corrected chi connectivity index (χ0v) is 19.1. The summed E-state index contributed by atoms with van der Waals surface area (Å²) in [6.45, 7) is 3.83. The Morgan fingerprint density at radius 3 is 2.06 bits per heavy atom. The summed E-state index contributed by atoms with van der Waals surface area (Å²) in [5.74, 6) is -0.387. The number of furan rings is 1. The first-order valence-corrected chi connectivity index (χ1v) is 11.0. The SMILES string of the molecule is Cc1ccc(C(=O)N2CCN(C(=O)c3cccc(NC(=O)c4ccc(Br)o4)c3)CC2)cc1. The van der Waals surface area contributed by atoms with E-state index in [9.17, 15) is 14.4 Å². The Labute approximate surface area is 194 Å². The molecule has 1 fully saturated rings. The summed E-state index contributed by atoms with van der Waals surface area (Å²) in [4.78, 5) is 41.5. The van der Waals surface area contributed by atoms with Gasteiger partial charge in [-0.3, -0.25) is 14.4 Å². The molecule has 4 rings (SSSR count). The van der Waals surface area contributed by atoms with Crippen molar-refractivity contribution in [2.75, 3.05) is 31.5 Å². The van der Waals surface area contributed by atoms with Crippen LogP contribution in [0.2, 0.25) is 0 Å². The predicted molar refractivity (Wildman–Crippen MR) is 124 cm³/mol. The van der Waals surface area contributed by atoms with Gasteiger partial charge in [-0.2, -0.15) is 0 Å². The molecule has 3 aromatic rings. The van der Waals surface area contributed by atoms with E-state index in [2.05, 4.69) is 21.2 Å². The van der Waals surface area contributed by atoms with E-state index >= 15 is 0 Å². The zero-order chi connectivity index (χ0) is 22.7. The molecule has 0 bridgehead atoms. The average Bonchev–Trinajstić information content (AvgIpc) is 3.25. The number of halogens is 1. The second-order valence-electron chi connectivity index (χ2n) is 7.59. The molecule has 8 heteroatoms. The fourth-order valence-corrected chi connectivity index (χ4v) is 3.84. The molecule has 2 heterocycles. The highest BCUT2D eigenvalue weighted by Crippen LogP contribution is 2.18. The van der Waals surface area contributed by atoms with Gasteiger partial charge in [0.1, 0.15) is 0 Å². The molecule has 1 aromatic heterocycles. The maximum Gasteiger partial charge on any atom is 0.291 e. The van der Waals surface area contributed by atoms with E-state index in [1.54, 1.807) is 46.2 Å². The lowest BCUT2D eigenvalue weighted by Crippen LogP contribution is -2.50. The quantitative estimate of drug-likeness (QED) is 0.587. The molecule has 7 nitrogen and oxygen atoms in total. The van der Waals surface area contributed by atoms with E-state index in [4.69, 9.17) is 4.42 Å². The molecule has 32 heavy (non-hydrogen) atoms. The van der Waals surface area contributed by atoms with E-state index in [1.165, 1.54) is 0 Å². The normalized spacial score (nSPS) is 13.7. The number of amides is 3. The van der Waals surface area contributed by atoms with Crippen LogP contribution in [-0.4, -0.2) is 53.7 Å². The van der Waals surface area contributed by atoms with Crippen LogP contribution in [0.15, 0.2) is 69.8 Å². The fraction of sp³-hybridized carbons (Fsp3) is 0.208. The predicted octanol–water partition coefficient (Wildman–Crippen LogP) is 4.20. The van der Waals surface area contributed by atoms with Crippen LogP contribution in [0.4, 0.5) is 5.69 Å². The molecular weight excluding hydrogens is 474 g/mol. The van der Waals surface area contributed by atoms with Crippen molar-refractivity contribution in [2.24, 2.45) is 0 Å². The molecule has 0 aliphatic carbocycles. The third-order valence-electron chi connectivity index (χ3n) is 5.32. The van der Waals surface area contributed by atoms with Crippen LogP contribution in [0, 0.1) is 6.92 Å². The molecule has 2 aromatic carbocycles. The van der Waals surface area contributed by atoms with Gasteiger partial charge in [0.25, 0.3) is 17.7 Å². The molecule has 0 saturated carbocycles. The van der Waals surface area contributed by atoms with Crippen molar-refractivity contribution in [1.29, 1.82) is 0 Å². The van der Waals surface area contributed by atoms with Gasteiger partial charge in [-0.15, -0.1) is 0 Å². The molecule has 3 amide bonds. The first-order chi connectivity index (χ1) is 15.4. The first-order valence-electron chi connectivity index (χ1n) is 10.2. The van der Waals surface area contributed by atoms with Gasteiger partial charge in [0, 0.05) is 43.0 Å². The fourth-order valence-electron chi connectivity index (χ4n) is 3.53. The minimum atomic E-state index is -0.400. The largest absolute Gasteiger partial charge is 0.444 e. The molecule has 1 aliphatic rings. The van der Waals surface area contributed by atoms with Crippen molar-refractivity contribution in [1.82, 2.24) is 9.80 Å². The average molecular weight is 496 g/mol. The van der Waals surface area contributed by atoms with E-state index in [1.807, 2.05) is 31.2 Å². The molecule has 0 radical (unpaired) electrons. The van der Waals surface area contributed by atoms with Crippen LogP contribution in [0.25, 0.3) is 0 Å². The van der Waals surface area contributed by atoms with Crippen LogP contribution in [0.5, 0.6) is 0 Å². The summed E-state index contributed by atoms with van der Waals surface area (Å²) in [6, 6.07) is 17.5. The maximum absolute atomic E-state index is 13.0. The third kappa shape index (κ3) is 4.91. The first kappa shape index (κ1) is 21.8. The highest BCUT2D eigenvalue weighted by atomic mass is 79.9. The Bertz CT molecular complexity index is 1150. The van der Waals surface area contributed by atoms with Gasteiger partial charge in [-0.05, 0) is 65.3 Å². The van der Waals surface area contributed by atoms with Gasteiger partial charge in [-0.25, -0.2) is 0 Å². The number of benzene rings is 2. The lowest BCUT2D eigenvalue weighted by atomic mass is 10.1. The van der Waals surface area contributed by atoms with Crippen LogP contribution in [0.3, 0.4) is 0 Å². The van der Waals surface area contributed by atoms with Crippen molar-refractivity contribution in [3.8, 4) is 0 Å². The van der Waals surface area contributed by atoms with Crippen molar-refractivity contribution in [3.05, 3.63) is 87.8 Å². The van der Waals surface area contributed by atoms with Gasteiger partial charge in [0.05, 0.1) is 0 Å². The van der Waals surface area contributed by atoms with Crippen molar-refractivity contribution in [2.45, 2.75) is 6.92 Å². The van der Waals surface area contributed by atoms with Gasteiger partial charge in [-0.1, -0.05) is 23.8 Å². The molecule has 0 spiro atoms. The summed E-state index contributed by atoms with van der Waals surface area (Å²) >= 11 is 3.17. The van der Waals surface area contributed by atoms with Gasteiger partial charge >= 0.3 is 0 Å². The minimum Gasteiger partial charge on any atom is -0.444 e. The molecule has 1 saturated heterocycles. The minimum absolute atomic E-state index is 0.0219. The van der Waals surface area contributed by atoms with Gasteiger partial charge < -0.3 is 19.5 Å². The number of carbonyl (C=O) groups is 3. The number of carbonyl (C=O) groups excluding carboxylic acids is 3. The van der Waals surface area contributed by atoms with Crippen molar-refractivity contribution >= 4 is 39.3 Å². The Kier molecular flexibility index (Phi) is 6.41. The van der Waals surface area contributed by atoms with Crippen molar-refractivity contribution in [3.63, 3.8) is 0 Å². The number of rotatable bonds is 4. The van der Waals surface area contributed by atoms with E-state index < -0.39 is 5.91 Å². The summed E-state index contributed by atoms with van der Waals surface area (Å²) in [5, 5.41) is 2.74. The smallest absolute Gasteiger partial charge is 0.291 e. The van der Waals surface area contributed by atoms with Crippen LogP contribution in [0.1, 0.15) is 36.8 Å². The second-order valence-corrected chi connectivity index (χ2v) is 8.37. The molecule has 0 atom stereocenters. The molecular formula is C24H22BrN3O4. The summed E-state index contributed by atoms with van der Waals surface area (Å²) in [7, 11) is 0. The Morgan fingerprint density at radius 2 is 1.47 bits per heavy atom. The van der Waals surface area contributed by atoms with Crippen molar-refractivity contribution < 1.29 is 18.8 Å². The number of aryl methyl sites for hydroxylation is 1. The zero-order valence-electron chi connectivity index (χ0n) is 17.5. The molecule has 164 valence electrons. The second kappa shape index (κ2) is 9.40. The van der Waals surface area contributed by atoms with Gasteiger partial charge in [0.2, 0.25) is 0 Å². The number of piperazine rings is 1. The maximum atomic E-state index is 13.0. The Balaban J connectivity index is 1.37. The molecule has 0 unspecified atom stereocenters. The lowest BCUT2D eigenvalue weighted by Gasteiger charge is -2.35. The number of nitrogens with one attached hydrogen (secondary N) is 1. The van der Waals surface area contributed by atoms with E-state index in [0.717, 1.165) is 5.56 Å². The highest BCUT2D eigenvalue weighted by Gasteiger charge is 2.25. The summed E-state index contributed by atoms with van der Waals surface area (Å²) < 4.78 is 5.72. The lowest BCUT2D eigenvalue weighted by molar-refractivity contribution is 0.0535. The monoisotopic (exact) mass is 495 g/mol. The van der Waals surface area contributed by atoms with Crippen LogP contribution >= 0.6 is 15.9 Å². The van der Waals surface area contributed by atoms with E-state index in [-0.39, 0.29) is 17.6 Å². The number of anilines is 1. The Hall–Kier alpha value is -3.39. The number of hydrogen-bond acceptors (Lipinski definition) is 4. The molecule has 1 N–H and O–H groups in total. The van der Waals surface area contributed by atoms with Gasteiger partial charge in [0.15, 0.2) is 10.4 Å². The van der Waals surface area contributed by atoms with Crippen LogP contribution < -0.4 is 5.32 Å². The highest BCUT2D eigenvalue weighted by molar-refractivity contribution is 9.10. The van der Waals surface area contributed by atoms with E-state index in [0.29, 0.717) is 47.7 Å². The number of nitrogens with zero attached hydrogens (tertiary/aromatic N) is 2. The number of hydrogen-bond donors (Lipinski definition) is 1. The summed E-state index contributed by atoms with van der Waals surface area (Å²) in [5.41, 5.74) is 2.73. The summed E-state index contributed by atoms with van der Waals surface area (Å²) in [6.07, 6.45) is 0. The third-order valence-corrected chi connectivity index (χ3v) is 5.74. The Morgan fingerprint density at radius 1 is 0.844 bits per heavy atom. The standard InChI is InChI=1S/C24H22BrN3O4/c1-16-5-7-17(8-6-16)23(30)27-11-13-28(14-12-27)24(31)18-3-2-4-19(15-18)26-22(29)20-9-10-21(25)32-20/h2-10,15H,11-14H2,1H3,(H,26,29). The topological polar surface area (TPSA) is 82.9 Å².